The van der Waals surface area contributed by atoms with E-state index in [4.69, 9.17) is 4.74 Å². The molecule has 0 spiro atoms. The van der Waals surface area contributed by atoms with E-state index in [9.17, 15) is 24.6 Å². The monoisotopic (exact) mass is 321 g/mol. The second-order valence-electron chi connectivity index (χ2n) is 6.64. The van der Waals surface area contributed by atoms with Gasteiger partial charge in [0.15, 0.2) is 0 Å². The fourth-order valence-corrected chi connectivity index (χ4v) is 2.51. The van der Waals surface area contributed by atoms with Gasteiger partial charge in [-0.15, -0.1) is 0 Å². The van der Waals surface area contributed by atoms with Gasteiger partial charge in [-0.25, -0.2) is 4.79 Å². The van der Waals surface area contributed by atoms with Crippen molar-refractivity contribution in [1.29, 1.82) is 0 Å². The fourth-order valence-electron chi connectivity index (χ4n) is 2.51. The number of anilines is 1. The lowest BCUT2D eigenvalue weighted by Gasteiger charge is -2.36. The quantitative estimate of drug-likeness (QED) is 0.788. The van der Waals surface area contributed by atoms with Gasteiger partial charge < -0.3 is 14.9 Å². The molecule has 0 heterocycles. The van der Waals surface area contributed by atoms with Gasteiger partial charge in [0.05, 0.1) is 0 Å². The smallest absolute Gasteiger partial charge is 0.412 e. The summed E-state index contributed by atoms with van der Waals surface area (Å²) in [5.41, 5.74) is -1.61. The van der Waals surface area contributed by atoms with Crippen molar-refractivity contribution in [3.63, 3.8) is 0 Å². The molecule has 1 aromatic carbocycles. The van der Waals surface area contributed by atoms with Crippen molar-refractivity contribution in [3.8, 4) is 5.75 Å². The molecule has 0 unspecified atom stereocenters. The summed E-state index contributed by atoms with van der Waals surface area (Å²) < 4.78 is 5.09. The SMILES string of the molecule is CC(C)(C)OC(=O)Nc1ccc(C2(C(=O)O)CC(=O)C2)c(O)c1. The highest BCUT2D eigenvalue weighted by atomic mass is 16.6. The molecular formula is C16H19NO6. The number of phenols is 1. The van der Waals surface area contributed by atoms with Gasteiger partial charge in [-0.05, 0) is 26.8 Å². The number of ether oxygens (including phenoxy) is 1. The minimum atomic E-state index is -1.38. The summed E-state index contributed by atoms with van der Waals surface area (Å²) in [5, 5.41) is 21.9. The van der Waals surface area contributed by atoms with Crippen molar-refractivity contribution in [2.45, 2.75) is 44.6 Å². The summed E-state index contributed by atoms with van der Waals surface area (Å²) in [4.78, 5) is 34.4. The predicted octanol–water partition coefficient (Wildman–Crippen LogP) is 2.42. The van der Waals surface area contributed by atoms with Crippen LogP contribution in [-0.4, -0.2) is 33.7 Å². The van der Waals surface area contributed by atoms with E-state index in [0.29, 0.717) is 0 Å². The zero-order valence-corrected chi connectivity index (χ0v) is 13.2. The first-order valence-corrected chi connectivity index (χ1v) is 7.12. The predicted molar refractivity (Wildman–Crippen MR) is 81.5 cm³/mol. The minimum absolute atomic E-state index is 0.144. The number of aromatic hydroxyl groups is 1. The molecule has 7 nitrogen and oxygen atoms in total. The first-order chi connectivity index (χ1) is 10.5. The number of nitrogens with one attached hydrogen (secondary N) is 1. The molecule has 23 heavy (non-hydrogen) atoms. The zero-order valence-electron chi connectivity index (χ0n) is 13.2. The topological polar surface area (TPSA) is 113 Å². The van der Waals surface area contributed by atoms with Crippen LogP contribution in [0, 0.1) is 0 Å². The van der Waals surface area contributed by atoms with Crippen LogP contribution in [0.5, 0.6) is 5.75 Å². The van der Waals surface area contributed by atoms with Gasteiger partial charge in [0.2, 0.25) is 0 Å². The number of carbonyl (C=O) groups is 3. The molecule has 1 aliphatic carbocycles. The zero-order chi connectivity index (χ0) is 17.4. The Bertz CT molecular complexity index is 666. The van der Waals surface area contributed by atoms with Crippen molar-refractivity contribution in [2.75, 3.05) is 5.32 Å². The van der Waals surface area contributed by atoms with Crippen LogP contribution in [-0.2, 0) is 19.7 Å². The van der Waals surface area contributed by atoms with E-state index in [2.05, 4.69) is 5.32 Å². The Balaban J connectivity index is 2.20. The number of ketones is 1. The number of aliphatic carboxylic acids is 1. The Hall–Kier alpha value is -2.57. The highest BCUT2D eigenvalue weighted by Crippen LogP contribution is 2.45. The summed E-state index contributed by atoms with van der Waals surface area (Å²) in [6.07, 6.45) is -0.972. The number of hydrogen-bond donors (Lipinski definition) is 3. The van der Waals surface area contributed by atoms with E-state index < -0.39 is 23.1 Å². The first-order valence-electron chi connectivity index (χ1n) is 7.12. The van der Waals surface area contributed by atoms with E-state index in [-0.39, 0.29) is 35.6 Å². The van der Waals surface area contributed by atoms with Gasteiger partial charge in [-0.2, -0.15) is 0 Å². The number of amides is 1. The molecule has 7 heteroatoms. The molecule has 3 N–H and O–H groups in total. The molecule has 0 radical (unpaired) electrons. The number of carboxylic acid groups (broad SMARTS) is 1. The number of rotatable bonds is 3. The highest BCUT2D eigenvalue weighted by molar-refractivity contribution is 6.02. The normalized spacial score (nSPS) is 16.4. The third-order valence-corrected chi connectivity index (χ3v) is 3.57. The second-order valence-corrected chi connectivity index (χ2v) is 6.64. The molecule has 2 rings (SSSR count). The van der Waals surface area contributed by atoms with E-state index in [0.717, 1.165) is 0 Å². The fraction of sp³-hybridized carbons (Fsp3) is 0.438. The van der Waals surface area contributed by atoms with Crippen molar-refractivity contribution in [3.05, 3.63) is 23.8 Å². The first kappa shape index (κ1) is 16.8. The molecular weight excluding hydrogens is 302 g/mol. The maximum Gasteiger partial charge on any atom is 0.412 e. The van der Waals surface area contributed by atoms with Crippen molar-refractivity contribution in [1.82, 2.24) is 0 Å². The van der Waals surface area contributed by atoms with Gasteiger partial charge in [0, 0.05) is 30.2 Å². The Morgan fingerprint density at radius 3 is 2.30 bits per heavy atom. The van der Waals surface area contributed by atoms with Gasteiger partial charge in [-0.1, -0.05) is 6.07 Å². The number of carbonyl (C=O) groups excluding carboxylic acids is 2. The highest BCUT2D eigenvalue weighted by Gasteiger charge is 2.52. The third-order valence-electron chi connectivity index (χ3n) is 3.57. The van der Waals surface area contributed by atoms with Crippen LogP contribution < -0.4 is 5.32 Å². The Morgan fingerprint density at radius 2 is 1.87 bits per heavy atom. The average molecular weight is 321 g/mol. The summed E-state index contributed by atoms with van der Waals surface area (Å²) >= 11 is 0. The van der Waals surface area contributed by atoms with E-state index >= 15 is 0 Å². The van der Waals surface area contributed by atoms with Gasteiger partial charge in [0.25, 0.3) is 0 Å². The molecule has 1 fully saturated rings. The Labute approximate surface area is 133 Å². The van der Waals surface area contributed by atoms with Crippen LogP contribution in [0.3, 0.4) is 0 Å². The third kappa shape index (κ3) is 3.44. The van der Waals surface area contributed by atoms with Crippen molar-refractivity contribution in [2.24, 2.45) is 0 Å². The molecule has 0 saturated heterocycles. The van der Waals surface area contributed by atoms with Gasteiger partial charge >= 0.3 is 12.1 Å². The lowest BCUT2D eigenvalue weighted by molar-refractivity contribution is -0.153. The van der Waals surface area contributed by atoms with E-state index in [1.165, 1.54) is 18.2 Å². The largest absolute Gasteiger partial charge is 0.508 e. The van der Waals surface area contributed by atoms with E-state index in [1.54, 1.807) is 20.8 Å². The molecule has 1 amide bonds. The van der Waals surface area contributed by atoms with Crippen molar-refractivity contribution >= 4 is 23.5 Å². The minimum Gasteiger partial charge on any atom is -0.508 e. The van der Waals surface area contributed by atoms with E-state index in [1.807, 2.05) is 0 Å². The van der Waals surface area contributed by atoms with Crippen molar-refractivity contribution < 1.29 is 29.3 Å². The lowest BCUT2D eigenvalue weighted by atomic mass is 9.63. The lowest BCUT2D eigenvalue weighted by Crippen LogP contribution is -2.48. The Morgan fingerprint density at radius 1 is 1.26 bits per heavy atom. The van der Waals surface area contributed by atoms with Crippen LogP contribution >= 0.6 is 0 Å². The molecule has 124 valence electrons. The van der Waals surface area contributed by atoms with Crippen LogP contribution in [0.1, 0.15) is 39.2 Å². The van der Waals surface area contributed by atoms with Crippen LogP contribution in [0.4, 0.5) is 10.5 Å². The number of carboxylic acids is 1. The molecule has 1 aromatic rings. The number of hydrogen-bond acceptors (Lipinski definition) is 5. The molecule has 0 atom stereocenters. The molecule has 0 aliphatic heterocycles. The molecule has 1 aliphatic rings. The van der Waals surface area contributed by atoms with Gasteiger partial charge in [0.1, 0.15) is 22.5 Å². The maximum absolute atomic E-state index is 11.7. The summed E-state index contributed by atoms with van der Waals surface area (Å²) in [6, 6.07) is 4.11. The summed E-state index contributed by atoms with van der Waals surface area (Å²) in [6.45, 7) is 5.16. The second kappa shape index (κ2) is 5.57. The van der Waals surface area contributed by atoms with Crippen LogP contribution in [0.2, 0.25) is 0 Å². The molecule has 0 aromatic heterocycles. The Kier molecular flexibility index (Phi) is 4.07. The van der Waals surface area contributed by atoms with Crippen LogP contribution in [0.15, 0.2) is 18.2 Å². The van der Waals surface area contributed by atoms with Gasteiger partial charge in [-0.3, -0.25) is 14.9 Å². The summed E-state index contributed by atoms with van der Waals surface area (Å²) in [5.74, 6) is -1.60. The number of phenolic OH excluding ortho intramolecular Hbond substituents is 1. The molecule has 1 saturated carbocycles. The maximum atomic E-state index is 11.7. The number of benzene rings is 1. The standard InChI is InChI=1S/C16H19NO6/c1-15(2,3)23-14(22)17-9-4-5-11(12(19)6-9)16(13(20)21)7-10(18)8-16/h4-6,19H,7-8H2,1-3H3,(H,17,22)(H,20,21). The summed E-state index contributed by atoms with van der Waals surface area (Å²) in [7, 11) is 0. The average Bonchev–Trinajstić information content (AvgIpc) is 2.32. The number of Topliss-reactive ketones (excluding diaryl/α,β-unsaturated/α-hetero) is 1. The molecule has 0 bridgehead atoms. The van der Waals surface area contributed by atoms with Crippen LogP contribution in [0.25, 0.3) is 0 Å².